The molecule has 2 nitrogen and oxygen atoms in total. The summed E-state index contributed by atoms with van der Waals surface area (Å²) < 4.78 is 19.4. The van der Waals surface area contributed by atoms with E-state index in [1.54, 1.807) is 19.1 Å². The molecule has 0 saturated carbocycles. The fourth-order valence-electron chi connectivity index (χ4n) is 1.45. The lowest BCUT2D eigenvalue weighted by atomic mass is 9.97. The van der Waals surface area contributed by atoms with Gasteiger partial charge in [0.25, 0.3) is 0 Å². The minimum Gasteiger partial charge on any atom is -0.387 e. The van der Waals surface area contributed by atoms with Crippen LogP contribution >= 0.6 is 15.9 Å². The SMILES string of the molecule is CCOCC(C)(O)Cc1ccc(Br)cc1F. The maximum Gasteiger partial charge on any atom is 0.127 e. The molecule has 0 spiro atoms. The maximum atomic E-state index is 13.5. The Balaban J connectivity index is 2.71. The number of benzene rings is 1. The molecule has 1 unspecified atom stereocenters. The van der Waals surface area contributed by atoms with Crippen molar-refractivity contribution in [3.05, 3.63) is 34.1 Å². The lowest BCUT2D eigenvalue weighted by Crippen LogP contribution is -2.33. The van der Waals surface area contributed by atoms with Gasteiger partial charge in [0.2, 0.25) is 0 Å². The minimum atomic E-state index is -1.04. The van der Waals surface area contributed by atoms with Crippen LogP contribution in [0.2, 0.25) is 0 Å². The first-order valence-corrected chi connectivity index (χ1v) is 5.98. The van der Waals surface area contributed by atoms with Crippen molar-refractivity contribution in [1.82, 2.24) is 0 Å². The van der Waals surface area contributed by atoms with Gasteiger partial charge in [0.15, 0.2) is 0 Å². The van der Waals surface area contributed by atoms with Gasteiger partial charge in [-0.25, -0.2) is 4.39 Å². The molecule has 0 radical (unpaired) electrons. The summed E-state index contributed by atoms with van der Waals surface area (Å²) in [4.78, 5) is 0. The van der Waals surface area contributed by atoms with Crippen molar-refractivity contribution in [2.45, 2.75) is 25.9 Å². The number of hydrogen-bond acceptors (Lipinski definition) is 2. The van der Waals surface area contributed by atoms with Crippen LogP contribution in [-0.2, 0) is 11.2 Å². The highest BCUT2D eigenvalue weighted by Crippen LogP contribution is 2.20. The summed E-state index contributed by atoms with van der Waals surface area (Å²) in [7, 11) is 0. The van der Waals surface area contributed by atoms with Gasteiger partial charge in [-0.05, 0) is 31.5 Å². The first kappa shape index (κ1) is 13.6. The summed E-state index contributed by atoms with van der Waals surface area (Å²) in [6.07, 6.45) is 0.242. The zero-order valence-electron chi connectivity index (χ0n) is 9.46. The molecule has 1 N–H and O–H groups in total. The van der Waals surface area contributed by atoms with E-state index in [0.29, 0.717) is 16.6 Å². The van der Waals surface area contributed by atoms with E-state index in [4.69, 9.17) is 4.74 Å². The second kappa shape index (κ2) is 5.75. The average Bonchev–Trinajstić information content (AvgIpc) is 2.19. The summed E-state index contributed by atoms with van der Waals surface area (Å²) in [5, 5.41) is 9.99. The summed E-state index contributed by atoms with van der Waals surface area (Å²) in [6, 6.07) is 4.82. The fourth-order valence-corrected chi connectivity index (χ4v) is 1.78. The van der Waals surface area contributed by atoms with Crippen LogP contribution in [0.4, 0.5) is 4.39 Å². The number of rotatable bonds is 5. The first-order chi connectivity index (χ1) is 7.44. The molecule has 1 aromatic carbocycles. The average molecular weight is 291 g/mol. The second-order valence-electron chi connectivity index (χ2n) is 4.05. The van der Waals surface area contributed by atoms with E-state index in [9.17, 15) is 9.50 Å². The van der Waals surface area contributed by atoms with Crippen LogP contribution < -0.4 is 0 Å². The smallest absolute Gasteiger partial charge is 0.127 e. The molecule has 0 amide bonds. The van der Waals surface area contributed by atoms with Gasteiger partial charge >= 0.3 is 0 Å². The van der Waals surface area contributed by atoms with E-state index < -0.39 is 5.60 Å². The molecule has 1 rings (SSSR count). The van der Waals surface area contributed by atoms with Crippen LogP contribution in [-0.4, -0.2) is 23.9 Å². The van der Waals surface area contributed by atoms with Gasteiger partial charge in [0, 0.05) is 17.5 Å². The molecule has 1 aromatic rings. The van der Waals surface area contributed by atoms with Crippen LogP contribution in [0.15, 0.2) is 22.7 Å². The van der Waals surface area contributed by atoms with Crippen LogP contribution in [0.3, 0.4) is 0 Å². The Morgan fingerprint density at radius 3 is 2.75 bits per heavy atom. The number of halogens is 2. The molecule has 0 aliphatic rings. The van der Waals surface area contributed by atoms with Crippen molar-refractivity contribution in [3.63, 3.8) is 0 Å². The highest BCUT2D eigenvalue weighted by molar-refractivity contribution is 9.10. The summed E-state index contributed by atoms with van der Waals surface area (Å²) in [6.45, 7) is 4.25. The van der Waals surface area contributed by atoms with Crippen molar-refractivity contribution in [3.8, 4) is 0 Å². The molecule has 0 aliphatic heterocycles. The van der Waals surface area contributed by atoms with Crippen molar-refractivity contribution >= 4 is 15.9 Å². The second-order valence-corrected chi connectivity index (χ2v) is 4.96. The Kier molecular flexibility index (Phi) is 4.89. The fraction of sp³-hybridized carbons (Fsp3) is 0.500. The van der Waals surface area contributed by atoms with E-state index >= 15 is 0 Å². The Morgan fingerprint density at radius 1 is 1.50 bits per heavy atom. The Morgan fingerprint density at radius 2 is 2.19 bits per heavy atom. The van der Waals surface area contributed by atoms with E-state index in [-0.39, 0.29) is 18.8 Å². The number of aliphatic hydroxyl groups is 1. The first-order valence-electron chi connectivity index (χ1n) is 5.18. The van der Waals surface area contributed by atoms with Gasteiger partial charge in [-0.2, -0.15) is 0 Å². The maximum absolute atomic E-state index is 13.5. The minimum absolute atomic E-state index is 0.207. The normalized spacial score (nSPS) is 14.8. The van der Waals surface area contributed by atoms with Gasteiger partial charge in [-0.3, -0.25) is 0 Å². The summed E-state index contributed by atoms with van der Waals surface area (Å²) in [5.41, 5.74) is -0.544. The Hall–Kier alpha value is -0.450. The monoisotopic (exact) mass is 290 g/mol. The van der Waals surface area contributed by atoms with Crippen LogP contribution in [0.25, 0.3) is 0 Å². The topological polar surface area (TPSA) is 29.5 Å². The third kappa shape index (κ3) is 4.20. The molecule has 0 fully saturated rings. The predicted octanol–water partition coefficient (Wildman–Crippen LogP) is 2.92. The molecule has 1 atom stereocenters. The van der Waals surface area contributed by atoms with Gasteiger partial charge in [0.1, 0.15) is 5.82 Å². The lowest BCUT2D eigenvalue weighted by Gasteiger charge is -2.23. The van der Waals surface area contributed by atoms with Crippen molar-refractivity contribution in [2.75, 3.05) is 13.2 Å². The largest absolute Gasteiger partial charge is 0.387 e. The quantitative estimate of drug-likeness (QED) is 0.904. The van der Waals surface area contributed by atoms with E-state index in [2.05, 4.69) is 15.9 Å². The molecule has 0 aromatic heterocycles. The molecule has 0 aliphatic carbocycles. The van der Waals surface area contributed by atoms with Crippen molar-refractivity contribution < 1.29 is 14.2 Å². The molecule has 4 heteroatoms. The summed E-state index contributed by atoms with van der Waals surface area (Å²) in [5.74, 6) is -0.314. The predicted molar refractivity (Wildman–Crippen MR) is 64.9 cm³/mol. The molecule has 0 heterocycles. The van der Waals surface area contributed by atoms with E-state index in [1.165, 1.54) is 6.07 Å². The zero-order valence-corrected chi connectivity index (χ0v) is 11.1. The van der Waals surface area contributed by atoms with Crippen LogP contribution in [0.5, 0.6) is 0 Å². The lowest BCUT2D eigenvalue weighted by molar-refractivity contribution is -0.0301. The third-order valence-corrected chi connectivity index (χ3v) is 2.70. The van der Waals surface area contributed by atoms with Gasteiger partial charge in [0.05, 0.1) is 12.2 Å². The van der Waals surface area contributed by atoms with E-state index in [1.807, 2.05) is 6.92 Å². The van der Waals surface area contributed by atoms with Gasteiger partial charge < -0.3 is 9.84 Å². The molecular weight excluding hydrogens is 275 g/mol. The van der Waals surface area contributed by atoms with Crippen LogP contribution in [0, 0.1) is 5.82 Å². The van der Waals surface area contributed by atoms with Gasteiger partial charge in [-0.1, -0.05) is 22.0 Å². The third-order valence-electron chi connectivity index (χ3n) is 2.20. The highest BCUT2D eigenvalue weighted by atomic mass is 79.9. The number of ether oxygens (including phenoxy) is 1. The Bertz CT molecular complexity index is 353. The Labute approximate surface area is 104 Å². The molecule has 16 heavy (non-hydrogen) atoms. The summed E-state index contributed by atoms with van der Waals surface area (Å²) >= 11 is 3.19. The van der Waals surface area contributed by atoms with Crippen LogP contribution in [0.1, 0.15) is 19.4 Å². The molecule has 90 valence electrons. The van der Waals surface area contributed by atoms with Crippen molar-refractivity contribution in [2.24, 2.45) is 0 Å². The van der Waals surface area contributed by atoms with Crippen molar-refractivity contribution in [1.29, 1.82) is 0 Å². The molecular formula is C12H16BrFO2. The van der Waals surface area contributed by atoms with E-state index in [0.717, 1.165) is 0 Å². The highest BCUT2D eigenvalue weighted by Gasteiger charge is 2.22. The zero-order chi connectivity index (χ0) is 12.2. The number of hydrogen-bond donors (Lipinski definition) is 1. The van der Waals surface area contributed by atoms with Gasteiger partial charge in [-0.15, -0.1) is 0 Å². The molecule has 0 saturated heterocycles. The standard InChI is InChI=1S/C12H16BrFO2/c1-3-16-8-12(2,15)7-9-4-5-10(13)6-11(9)14/h4-6,15H,3,7-8H2,1-2H3. The molecule has 0 bridgehead atoms.